The second kappa shape index (κ2) is 7.24. The Morgan fingerprint density at radius 3 is 2.60 bits per heavy atom. The van der Waals surface area contributed by atoms with Gasteiger partial charge in [0, 0.05) is 17.8 Å². The number of aromatic nitrogens is 1. The molecule has 0 radical (unpaired) electrons. The minimum atomic E-state index is -0.772. The molecule has 1 unspecified atom stereocenters. The minimum Gasteiger partial charge on any atom is -0.503 e. The van der Waals surface area contributed by atoms with E-state index in [0.717, 1.165) is 10.8 Å². The number of thiophene rings is 1. The van der Waals surface area contributed by atoms with E-state index >= 15 is 0 Å². The van der Waals surface area contributed by atoms with E-state index in [1.165, 1.54) is 16.2 Å². The standard InChI is InChI=1S/C24H16N2O3S/c27-22(19-11-5-13-30-19)20-21(16-8-4-12-25-14-16)26(24(29)23(20)28)18-10-3-7-15-6-1-2-9-17(15)18/h1-14,21,28H. The van der Waals surface area contributed by atoms with Crippen LogP contribution in [0.3, 0.4) is 0 Å². The third-order valence-corrected chi connectivity index (χ3v) is 6.09. The van der Waals surface area contributed by atoms with Crippen LogP contribution in [0.4, 0.5) is 5.69 Å². The number of anilines is 1. The summed E-state index contributed by atoms with van der Waals surface area (Å²) < 4.78 is 0. The van der Waals surface area contributed by atoms with E-state index in [0.29, 0.717) is 16.1 Å². The SMILES string of the molecule is O=C(C1=C(O)C(=O)N(c2cccc3ccccc23)C1c1cccnc1)c1cccs1. The zero-order chi connectivity index (χ0) is 20.7. The van der Waals surface area contributed by atoms with Gasteiger partial charge in [-0.15, -0.1) is 11.3 Å². The minimum absolute atomic E-state index is 0.0726. The van der Waals surface area contributed by atoms with Gasteiger partial charge in [0.1, 0.15) is 0 Å². The Morgan fingerprint density at radius 2 is 1.83 bits per heavy atom. The van der Waals surface area contributed by atoms with Crippen molar-refractivity contribution in [2.75, 3.05) is 4.90 Å². The van der Waals surface area contributed by atoms with Gasteiger partial charge in [-0.1, -0.05) is 48.5 Å². The van der Waals surface area contributed by atoms with E-state index in [1.807, 2.05) is 48.5 Å². The van der Waals surface area contributed by atoms with Gasteiger partial charge in [0.25, 0.3) is 5.91 Å². The van der Waals surface area contributed by atoms with E-state index in [2.05, 4.69) is 4.98 Å². The number of carbonyl (C=O) groups excluding carboxylic acids is 2. The average Bonchev–Trinajstić information content (AvgIpc) is 3.41. The van der Waals surface area contributed by atoms with Gasteiger partial charge < -0.3 is 5.11 Å². The molecule has 0 saturated heterocycles. The summed E-state index contributed by atoms with van der Waals surface area (Å²) in [6.07, 6.45) is 3.25. The Bertz CT molecular complexity index is 1290. The molecule has 0 spiro atoms. The van der Waals surface area contributed by atoms with E-state index in [9.17, 15) is 14.7 Å². The van der Waals surface area contributed by atoms with Crippen LogP contribution in [0.1, 0.15) is 21.3 Å². The van der Waals surface area contributed by atoms with Crippen LogP contribution in [0, 0.1) is 0 Å². The number of rotatable bonds is 4. The number of ketones is 1. The number of fused-ring (bicyclic) bond motifs is 1. The highest BCUT2D eigenvalue weighted by atomic mass is 32.1. The molecule has 1 N–H and O–H groups in total. The molecule has 30 heavy (non-hydrogen) atoms. The van der Waals surface area contributed by atoms with Gasteiger partial charge in [0.05, 0.1) is 22.2 Å². The van der Waals surface area contributed by atoms with Crippen molar-refractivity contribution in [3.63, 3.8) is 0 Å². The number of carbonyl (C=O) groups is 2. The number of nitrogens with zero attached hydrogens (tertiary/aromatic N) is 2. The topological polar surface area (TPSA) is 70.5 Å². The molecule has 146 valence electrons. The summed E-state index contributed by atoms with van der Waals surface area (Å²) in [5, 5.41) is 14.4. The number of aliphatic hydroxyl groups excluding tert-OH is 1. The third kappa shape index (κ3) is 2.81. The lowest BCUT2D eigenvalue weighted by atomic mass is 9.96. The van der Waals surface area contributed by atoms with Crippen molar-refractivity contribution in [2.24, 2.45) is 0 Å². The monoisotopic (exact) mass is 412 g/mol. The summed E-state index contributed by atoms with van der Waals surface area (Å²) in [4.78, 5) is 32.7. The number of benzene rings is 2. The lowest BCUT2D eigenvalue weighted by molar-refractivity contribution is -0.117. The molecule has 1 amide bonds. The summed E-state index contributed by atoms with van der Waals surface area (Å²) >= 11 is 1.28. The van der Waals surface area contributed by atoms with E-state index in [1.54, 1.807) is 36.0 Å². The fourth-order valence-electron chi connectivity index (χ4n) is 3.90. The summed E-state index contributed by atoms with van der Waals surface area (Å²) in [6.45, 7) is 0. The number of aliphatic hydroxyl groups is 1. The number of pyridine rings is 1. The maximum atomic E-state index is 13.3. The van der Waals surface area contributed by atoms with Crippen molar-refractivity contribution in [3.8, 4) is 0 Å². The summed E-state index contributed by atoms with van der Waals surface area (Å²) in [5.74, 6) is -1.47. The first-order valence-corrected chi connectivity index (χ1v) is 10.3. The smallest absolute Gasteiger partial charge is 0.294 e. The molecule has 5 nitrogen and oxygen atoms in total. The van der Waals surface area contributed by atoms with E-state index in [-0.39, 0.29) is 11.4 Å². The predicted octanol–water partition coefficient (Wildman–Crippen LogP) is 5.08. The molecular weight excluding hydrogens is 396 g/mol. The molecule has 2 aromatic heterocycles. The van der Waals surface area contributed by atoms with Crippen LogP contribution in [-0.4, -0.2) is 21.8 Å². The normalized spacial score (nSPS) is 16.5. The zero-order valence-electron chi connectivity index (χ0n) is 15.7. The van der Waals surface area contributed by atoms with Crippen molar-refractivity contribution >= 4 is 39.5 Å². The van der Waals surface area contributed by atoms with Crippen LogP contribution < -0.4 is 4.90 Å². The number of amides is 1. The Hall–Kier alpha value is -3.77. The fourth-order valence-corrected chi connectivity index (χ4v) is 4.58. The molecule has 5 rings (SSSR count). The lowest BCUT2D eigenvalue weighted by Crippen LogP contribution is -2.31. The van der Waals surface area contributed by atoms with Gasteiger partial charge in [-0.3, -0.25) is 19.5 Å². The fraction of sp³-hybridized carbons (Fsp3) is 0.0417. The molecule has 1 aliphatic heterocycles. The maximum absolute atomic E-state index is 13.3. The molecule has 4 aromatic rings. The number of hydrogen-bond donors (Lipinski definition) is 1. The van der Waals surface area contributed by atoms with E-state index in [4.69, 9.17) is 0 Å². The first-order valence-electron chi connectivity index (χ1n) is 9.39. The van der Waals surface area contributed by atoms with Crippen molar-refractivity contribution in [1.29, 1.82) is 0 Å². The Labute approximate surface area is 176 Å². The molecule has 2 aromatic carbocycles. The average molecular weight is 412 g/mol. The highest BCUT2D eigenvalue weighted by molar-refractivity contribution is 7.12. The van der Waals surface area contributed by atoms with Gasteiger partial charge >= 0.3 is 0 Å². The van der Waals surface area contributed by atoms with Gasteiger partial charge in [0.15, 0.2) is 5.76 Å². The van der Waals surface area contributed by atoms with Crippen molar-refractivity contribution in [3.05, 3.63) is 106 Å². The van der Waals surface area contributed by atoms with Crippen LogP contribution >= 0.6 is 11.3 Å². The van der Waals surface area contributed by atoms with Crippen LogP contribution in [0.15, 0.2) is 95.8 Å². The van der Waals surface area contributed by atoms with Gasteiger partial charge in [-0.05, 0) is 34.5 Å². The van der Waals surface area contributed by atoms with Crippen molar-refractivity contribution in [2.45, 2.75) is 6.04 Å². The highest BCUT2D eigenvalue weighted by Crippen LogP contribution is 2.44. The van der Waals surface area contributed by atoms with Crippen LogP contribution in [0.2, 0.25) is 0 Å². The van der Waals surface area contributed by atoms with Gasteiger partial charge in [-0.2, -0.15) is 0 Å². The Morgan fingerprint density at radius 1 is 1.00 bits per heavy atom. The second-order valence-corrected chi connectivity index (χ2v) is 7.88. The largest absolute Gasteiger partial charge is 0.503 e. The zero-order valence-corrected chi connectivity index (χ0v) is 16.5. The molecule has 1 atom stereocenters. The first kappa shape index (κ1) is 18.3. The van der Waals surface area contributed by atoms with Gasteiger partial charge in [-0.25, -0.2) is 0 Å². The molecular formula is C24H16N2O3S. The molecule has 0 fully saturated rings. The molecule has 3 heterocycles. The predicted molar refractivity (Wildman–Crippen MR) is 117 cm³/mol. The highest BCUT2D eigenvalue weighted by Gasteiger charge is 2.45. The molecule has 0 aliphatic carbocycles. The molecule has 1 aliphatic rings. The summed E-state index contributed by atoms with van der Waals surface area (Å²) in [5.41, 5.74) is 1.36. The number of hydrogen-bond acceptors (Lipinski definition) is 5. The van der Waals surface area contributed by atoms with Crippen molar-refractivity contribution < 1.29 is 14.7 Å². The second-order valence-electron chi connectivity index (χ2n) is 6.93. The molecule has 0 saturated carbocycles. The Kier molecular flexibility index (Phi) is 4.41. The van der Waals surface area contributed by atoms with Gasteiger partial charge in [0.2, 0.25) is 5.78 Å². The van der Waals surface area contributed by atoms with Crippen LogP contribution in [-0.2, 0) is 4.79 Å². The maximum Gasteiger partial charge on any atom is 0.294 e. The third-order valence-electron chi connectivity index (χ3n) is 5.22. The molecule has 0 bridgehead atoms. The van der Waals surface area contributed by atoms with Crippen LogP contribution in [0.25, 0.3) is 10.8 Å². The number of Topliss-reactive ketones (excluding diaryl/α,β-unsaturated/α-hetero) is 1. The quantitative estimate of drug-likeness (QED) is 0.475. The van der Waals surface area contributed by atoms with E-state index < -0.39 is 17.7 Å². The summed E-state index contributed by atoms with van der Waals surface area (Å²) in [6, 6.07) is 19.6. The molecule has 6 heteroatoms. The van der Waals surface area contributed by atoms with Crippen LogP contribution in [0.5, 0.6) is 0 Å². The van der Waals surface area contributed by atoms with Crippen molar-refractivity contribution in [1.82, 2.24) is 4.98 Å². The lowest BCUT2D eigenvalue weighted by Gasteiger charge is -2.27. The summed E-state index contributed by atoms with van der Waals surface area (Å²) in [7, 11) is 0. The Balaban J connectivity index is 1.73. The first-order chi connectivity index (χ1) is 14.7.